The molecule has 2 aromatic rings. The van der Waals surface area contributed by atoms with Gasteiger partial charge in [-0.25, -0.2) is 4.98 Å². The number of anilines is 1. The van der Waals surface area contributed by atoms with Gasteiger partial charge in [-0.15, -0.1) is 0 Å². The molecular formula is C15H17N3O. The first-order valence-corrected chi connectivity index (χ1v) is 6.64. The van der Waals surface area contributed by atoms with E-state index in [-0.39, 0.29) is 0 Å². The van der Waals surface area contributed by atoms with Crippen molar-refractivity contribution in [3.8, 4) is 5.88 Å². The first-order valence-electron chi connectivity index (χ1n) is 6.64. The normalized spacial score (nSPS) is 16.4. The van der Waals surface area contributed by atoms with Gasteiger partial charge in [-0.05, 0) is 24.5 Å². The van der Waals surface area contributed by atoms with Crippen LogP contribution in [0.1, 0.15) is 24.0 Å². The molecular weight excluding hydrogens is 238 g/mol. The van der Waals surface area contributed by atoms with E-state index >= 15 is 0 Å². The summed E-state index contributed by atoms with van der Waals surface area (Å²) in [6, 6.07) is 10.3. The molecule has 1 aliphatic rings. The minimum Gasteiger partial charge on any atom is -0.478 e. The fourth-order valence-corrected chi connectivity index (χ4v) is 2.41. The van der Waals surface area contributed by atoms with Crippen molar-refractivity contribution >= 4 is 5.95 Å². The molecule has 1 atom stereocenters. The Labute approximate surface area is 112 Å². The van der Waals surface area contributed by atoms with Gasteiger partial charge in [0, 0.05) is 24.7 Å². The van der Waals surface area contributed by atoms with Crippen molar-refractivity contribution in [1.82, 2.24) is 9.97 Å². The van der Waals surface area contributed by atoms with Crippen LogP contribution >= 0.6 is 0 Å². The van der Waals surface area contributed by atoms with Crippen molar-refractivity contribution in [1.29, 1.82) is 0 Å². The molecule has 1 aliphatic carbocycles. The lowest BCUT2D eigenvalue weighted by Gasteiger charge is -2.30. The van der Waals surface area contributed by atoms with E-state index in [0.717, 1.165) is 13.0 Å². The summed E-state index contributed by atoms with van der Waals surface area (Å²) in [6.45, 7) is 3.43. The van der Waals surface area contributed by atoms with Gasteiger partial charge in [0.1, 0.15) is 0 Å². The van der Waals surface area contributed by atoms with Crippen LogP contribution in [-0.4, -0.2) is 23.1 Å². The lowest BCUT2D eigenvalue weighted by Crippen LogP contribution is -2.24. The predicted molar refractivity (Wildman–Crippen MR) is 74.6 cm³/mol. The summed E-state index contributed by atoms with van der Waals surface area (Å²) in [5.41, 5.74) is 2.90. The van der Waals surface area contributed by atoms with Crippen molar-refractivity contribution in [3.63, 3.8) is 0 Å². The van der Waals surface area contributed by atoms with Gasteiger partial charge in [-0.3, -0.25) is 0 Å². The Balaban J connectivity index is 1.60. The zero-order valence-corrected chi connectivity index (χ0v) is 11.0. The van der Waals surface area contributed by atoms with Crippen LogP contribution in [-0.2, 0) is 6.42 Å². The Morgan fingerprint density at radius 3 is 3.05 bits per heavy atom. The van der Waals surface area contributed by atoms with Gasteiger partial charge in [0.25, 0.3) is 0 Å². The van der Waals surface area contributed by atoms with Crippen molar-refractivity contribution in [2.75, 3.05) is 18.5 Å². The Kier molecular flexibility index (Phi) is 3.31. The monoisotopic (exact) mass is 255 g/mol. The van der Waals surface area contributed by atoms with Crippen molar-refractivity contribution < 1.29 is 4.74 Å². The topological polar surface area (TPSA) is 47.0 Å². The second-order valence-electron chi connectivity index (χ2n) is 4.63. The summed E-state index contributed by atoms with van der Waals surface area (Å²) >= 11 is 0. The maximum atomic E-state index is 5.36. The molecule has 1 heterocycles. The summed E-state index contributed by atoms with van der Waals surface area (Å²) in [5.74, 6) is 1.82. The third-order valence-electron chi connectivity index (χ3n) is 3.39. The third kappa shape index (κ3) is 2.52. The van der Waals surface area contributed by atoms with Crippen LogP contribution in [0, 0.1) is 0 Å². The van der Waals surface area contributed by atoms with Crippen LogP contribution in [0.4, 0.5) is 5.95 Å². The lowest BCUT2D eigenvalue weighted by molar-refractivity contribution is 0.326. The molecule has 0 amide bonds. The first-order chi connectivity index (χ1) is 9.36. The Morgan fingerprint density at radius 1 is 1.32 bits per heavy atom. The second-order valence-corrected chi connectivity index (χ2v) is 4.63. The van der Waals surface area contributed by atoms with Crippen LogP contribution in [0.15, 0.2) is 36.5 Å². The minimum atomic E-state index is 0.565. The standard InChI is InChI=1S/C15H17N3O/c1-2-19-14-7-8-16-15(18-14)17-10-12-9-11-5-3-4-6-13(11)12/h3-8,12H,2,9-10H2,1H3,(H,16,17,18). The molecule has 3 rings (SSSR count). The highest BCUT2D eigenvalue weighted by Gasteiger charge is 2.25. The molecule has 0 saturated carbocycles. The number of hydrogen-bond acceptors (Lipinski definition) is 4. The van der Waals surface area contributed by atoms with Gasteiger partial charge in [0.2, 0.25) is 11.8 Å². The molecule has 0 radical (unpaired) electrons. The van der Waals surface area contributed by atoms with Gasteiger partial charge in [-0.1, -0.05) is 24.3 Å². The molecule has 0 fully saturated rings. The van der Waals surface area contributed by atoms with Crippen molar-refractivity contribution in [3.05, 3.63) is 47.7 Å². The maximum Gasteiger partial charge on any atom is 0.225 e. The maximum absolute atomic E-state index is 5.36. The Hall–Kier alpha value is -2.10. The average Bonchev–Trinajstić information content (AvgIpc) is 2.41. The lowest BCUT2D eigenvalue weighted by atomic mass is 9.78. The Morgan fingerprint density at radius 2 is 2.21 bits per heavy atom. The van der Waals surface area contributed by atoms with E-state index in [1.807, 2.05) is 6.92 Å². The van der Waals surface area contributed by atoms with E-state index in [1.54, 1.807) is 12.3 Å². The van der Waals surface area contributed by atoms with Crippen molar-refractivity contribution in [2.45, 2.75) is 19.3 Å². The SMILES string of the molecule is CCOc1ccnc(NCC2Cc3ccccc32)n1. The molecule has 1 N–H and O–H groups in total. The van der Waals surface area contributed by atoms with Crippen LogP contribution in [0.2, 0.25) is 0 Å². The number of ether oxygens (including phenoxy) is 1. The minimum absolute atomic E-state index is 0.565. The molecule has 0 saturated heterocycles. The molecule has 1 unspecified atom stereocenters. The van der Waals surface area contributed by atoms with Gasteiger partial charge in [0.05, 0.1) is 6.61 Å². The van der Waals surface area contributed by atoms with Gasteiger partial charge < -0.3 is 10.1 Å². The second kappa shape index (κ2) is 5.26. The van der Waals surface area contributed by atoms with E-state index in [4.69, 9.17) is 4.74 Å². The average molecular weight is 255 g/mol. The third-order valence-corrected chi connectivity index (χ3v) is 3.39. The summed E-state index contributed by atoms with van der Waals surface area (Å²) in [6.07, 6.45) is 2.85. The number of nitrogens with zero attached hydrogens (tertiary/aromatic N) is 2. The molecule has 1 aromatic carbocycles. The summed E-state index contributed by atoms with van der Waals surface area (Å²) in [5, 5.41) is 3.28. The molecule has 0 bridgehead atoms. The highest BCUT2D eigenvalue weighted by Crippen LogP contribution is 2.34. The largest absolute Gasteiger partial charge is 0.478 e. The fraction of sp³-hybridized carbons (Fsp3) is 0.333. The van der Waals surface area contributed by atoms with Gasteiger partial charge in [-0.2, -0.15) is 4.98 Å². The van der Waals surface area contributed by atoms with E-state index < -0.39 is 0 Å². The van der Waals surface area contributed by atoms with Crippen LogP contribution in [0.25, 0.3) is 0 Å². The molecule has 19 heavy (non-hydrogen) atoms. The molecule has 0 spiro atoms. The number of benzene rings is 1. The zero-order chi connectivity index (χ0) is 13.1. The molecule has 4 heteroatoms. The van der Waals surface area contributed by atoms with Crippen LogP contribution in [0.3, 0.4) is 0 Å². The number of nitrogens with one attached hydrogen (secondary N) is 1. The quantitative estimate of drug-likeness (QED) is 0.892. The van der Waals surface area contributed by atoms with E-state index in [9.17, 15) is 0 Å². The number of fused-ring (bicyclic) bond motifs is 1. The molecule has 4 nitrogen and oxygen atoms in total. The predicted octanol–water partition coefficient (Wildman–Crippen LogP) is 2.63. The highest BCUT2D eigenvalue weighted by molar-refractivity contribution is 5.41. The van der Waals surface area contributed by atoms with Gasteiger partial charge in [0.15, 0.2) is 0 Å². The van der Waals surface area contributed by atoms with Crippen LogP contribution < -0.4 is 10.1 Å². The smallest absolute Gasteiger partial charge is 0.225 e. The summed E-state index contributed by atoms with van der Waals surface area (Å²) < 4.78 is 5.36. The molecule has 1 aromatic heterocycles. The number of rotatable bonds is 5. The summed E-state index contributed by atoms with van der Waals surface area (Å²) in [4.78, 5) is 8.51. The first kappa shape index (κ1) is 12.0. The number of hydrogen-bond donors (Lipinski definition) is 1. The zero-order valence-electron chi connectivity index (χ0n) is 11.0. The summed E-state index contributed by atoms with van der Waals surface area (Å²) in [7, 11) is 0. The molecule has 98 valence electrons. The van der Waals surface area contributed by atoms with Crippen LogP contribution in [0.5, 0.6) is 5.88 Å². The van der Waals surface area contributed by atoms with Crippen molar-refractivity contribution in [2.24, 2.45) is 0 Å². The van der Waals surface area contributed by atoms with E-state index in [1.165, 1.54) is 11.1 Å². The Bertz CT molecular complexity index is 571. The highest BCUT2D eigenvalue weighted by atomic mass is 16.5. The van der Waals surface area contributed by atoms with E-state index in [2.05, 4.69) is 39.6 Å². The fourth-order valence-electron chi connectivity index (χ4n) is 2.41. The molecule has 0 aliphatic heterocycles. The number of aromatic nitrogens is 2. The van der Waals surface area contributed by atoms with E-state index in [0.29, 0.717) is 24.4 Å². The van der Waals surface area contributed by atoms with Gasteiger partial charge >= 0.3 is 0 Å².